The van der Waals surface area contributed by atoms with Gasteiger partial charge in [0.1, 0.15) is 24.4 Å². The summed E-state index contributed by atoms with van der Waals surface area (Å²) in [7, 11) is 0. The third-order valence-electron chi connectivity index (χ3n) is 2.30. The van der Waals surface area contributed by atoms with E-state index in [0.29, 0.717) is 13.2 Å². The maximum Gasteiger partial charge on any atom is 0.186 e. The van der Waals surface area contributed by atoms with E-state index in [-0.39, 0.29) is 12.7 Å². The van der Waals surface area contributed by atoms with Gasteiger partial charge >= 0.3 is 0 Å². The van der Waals surface area contributed by atoms with Crippen molar-refractivity contribution < 1.29 is 29.5 Å². The highest BCUT2D eigenvalue weighted by molar-refractivity contribution is 4.83. The van der Waals surface area contributed by atoms with Crippen molar-refractivity contribution in [2.24, 2.45) is 0 Å². The molecule has 2 aliphatic heterocycles. The van der Waals surface area contributed by atoms with E-state index in [1.807, 2.05) is 0 Å². The summed E-state index contributed by atoms with van der Waals surface area (Å²) in [6.45, 7) is 0.965. The molecule has 0 aliphatic carbocycles. The minimum atomic E-state index is -1.21. The van der Waals surface area contributed by atoms with E-state index in [1.165, 1.54) is 0 Å². The second-order valence-corrected chi connectivity index (χ2v) is 3.54. The van der Waals surface area contributed by atoms with E-state index in [4.69, 9.17) is 19.3 Å². The Morgan fingerprint density at radius 1 is 1.07 bits per heavy atom. The maximum absolute atomic E-state index is 9.44. The van der Waals surface area contributed by atoms with E-state index in [2.05, 4.69) is 0 Å². The lowest BCUT2D eigenvalue weighted by molar-refractivity contribution is -0.270. The highest BCUT2D eigenvalue weighted by Gasteiger charge is 2.39. The van der Waals surface area contributed by atoms with Crippen molar-refractivity contribution in [3.63, 3.8) is 0 Å². The van der Waals surface area contributed by atoms with Crippen LogP contribution in [-0.2, 0) is 14.2 Å². The largest absolute Gasteiger partial charge is 0.388 e. The van der Waals surface area contributed by atoms with E-state index >= 15 is 0 Å². The van der Waals surface area contributed by atoms with Crippen molar-refractivity contribution in [3.05, 3.63) is 0 Å². The number of rotatable bonds is 3. The van der Waals surface area contributed by atoms with Crippen LogP contribution in [0.25, 0.3) is 0 Å². The Morgan fingerprint density at radius 3 is 2.43 bits per heavy atom. The van der Waals surface area contributed by atoms with Crippen molar-refractivity contribution in [1.29, 1.82) is 0 Å². The minimum Gasteiger partial charge on any atom is -0.388 e. The second-order valence-electron chi connectivity index (χ2n) is 3.54. The van der Waals surface area contributed by atoms with Gasteiger partial charge in [-0.1, -0.05) is 0 Å². The van der Waals surface area contributed by atoms with Crippen molar-refractivity contribution in [3.8, 4) is 0 Å². The standard InChI is InChI=1S/C8H14O6/c9-5-3-14-8(7(11)6(5)10)13-2-4-1-12-4/h4-11H,1-3H2/t4?,5-,6+,7-,8-/m1/s1. The Hall–Kier alpha value is -0.240. The molecule has 2 heterocycles. The van der Waals surface area contributed by atoms with Gasteiger partial charge in [0, 0.05) is 0 Å². The summed E-state index contributed by atoms with van der Waals surface area (Å²) in [5.41, 5.74) is 0. The van der Waals surface area contributed by atoms with Crippen LogP contribution in [-0.4, -0.2) is 65.8 Å². The molecule has 14 heavy (non-hydrogen) atoms. The van der Waals surface area contributed by atoms with Gasteiger partial charge in [-0.3, -0.25) is 0 Å². The third kappa shape index (κ3) is 2.22. The molecule has 0 saturated carbocycles. The van der Waals surface area contributed by atoms with E-state index in [0.717, 1.165) is 0 Å². The molecule has 2 fully saturated rings. The molecular formula is C8H14O6. The smallest absolute Gasteiger partial charge is 0.186 e. The fraction of sp³-hybridized carbons (Fsp3) is 1.00. The first kappa shape index (κ1) is 10.3. The van der Waals surface area contributed by atoms with Crippen LogP contribution in [0.15, 0.2) is 0 Å². The number of epoxide rings is 1. The van der Waals surface area contributed by atoms with Gasteiger partial charge < -0.3 is 29.5 Å². The molecule has 6 heteroatoms. The molecule has 0 aromatic carbocycles. The van der Waals surface area contributed by atoms with Crippen LogP contribution in [0.2, 0.25) is 0 Å². The summed E-state index contributed by atoms with van der Waals surface area (Å²) in [5, 5.41) is 27.9. The minimum absolute atomic E-state index is 0.0333. The van der Waals surface area contributed by atoms with Gasteiger partial charge in [-0.15, -0.1) is 0 Å². The molecule has 2 saturated heterocycles. The first-order valence-corrected chi connectivity index (χ1v) is 4.57. The number of ether oxygens (including phenoxy) is 3. The Balaban J connectivity index is 1.79. The molecule has 0 bridgehead atoms. The Morgan fingerprint density at radius 2 is 1.79 bits per heavy atom. The van der Waals surface area contributed by atoms with Crippen LogP contribution in [0.1, 0.15) is 0 Å². The van der Waals surface area contributed by atoms with Crippen LogP contribution in [0.4, 0.5) is 0 Å². The van der Waals surface area contributed by atoms with Crippen LogP contribution in [0.3, 0.4) is 0 Å². The second kappa shape index (κ2) is 4.09. The summed E-state index contributed by atoms with van der Waals surface area (Å²) in [6, 6.07) is 0. The van der Waals surface area contributed by atoms with Gasteiger partial charge in [-0.2, -0.15) is 0 Å². The number of hydrogen-bond acceptors (Lipinski definition) is 6. The molecule has 0 radical (unpaired) electrons. The lowest BCUT2D eigenvalue weighted by atomic mass is 10.1. The van der Waals surface area contributed by atoms with E-state index in [9.17, 15) is 10.2 Å². The van der Waals surface area contributed by atoms with Crippen LogP contribution in [0, 0.1) is 0 Å². The molecule has 2 aliphatic rings. The van der Waals surface area contributed by atoms with Gasteiger partial charge in [0.2, 0.25) is 0 Å². The molecule has 0 spiro atoms. The van der Waals surface area contributed by atoms with Crippen LogP contribution < -0.4 is 0 Å². The molecular weight excluding hydrogens is 192 g/mol. The predicted molar refractivity (Wildman–Crippen MR) is 43.5 cm³/mol. The monoisotopic (exact) mass is 206 g/mol. The fourth-order valence-electron chi connectivity index (χ4n) is 1.29. The van der Waals surface area contributed by atoms with Gasteiger partial charge in [-0.25, -0.2) is 0 Å². The Bertz CT molecular complexity index is 194. The van der Waals surface area contributed by atoms with Crippen molar-refractivity contribution in [2.45, 2.75) is 30.7 Å². The van der Waals surface area contributed by atoms with Gasteiger partial charge in [-0.05, 0) is 0 Å². The molecule has 0 amide bonds. The summed E-state index contributed by atoms with van der Waals surface area (Å²) in [4.78, 5) is 0. The highest BCUT2D eigenvalue weighted by Crippen LogP contribution is 2.18. The van der Waals surface area contributed by atoms with Crippen molar-refractivity contribution in [2.75, 3.05) is 19.8 Å². The lowest BCUT2D eigenvalue weighted by Crippen LogP contribution is -2.53. The molecule has 0 aromatic rings. The summed E-state index contributed by atoms with van der Waals surface area (Å²) >= 11 is 0. The normalized spacial score (nSPS) is 47.8. The summed E-state index contributed by atoms with van der Waals surface area (Å²) < 4.78 is 15.1. The van der Waals surface area contributed by atoms with Crippen LogP contribution in [0.5, 0.6) is 0 Å². The molecule has 0 aromatic heterocycles. The zero-order valence-electron chi connectivity index (χ0n) is 7.57. The number of aliphatic hydroxyl groups excluding tert-OH is 3. The third-order valence-corrected chi connectivity index (χ3v) is 2.30. The predicted octanol–water partition coefficient (Wildman–Crippen LogP) is -2.16. The first-order valence-electron chi connectivity index (χ1n) is 4.57. The Kier molecular flexibility index (Phi) is 3.01. The first-order chi connectivity index (χ1) is 6.68. The van der Waals surface area contributed by atoms with Crippen LogP contribution >= 0.6 is 0 Å². The quantitative estimate of drug-likeness (QED) is 0.456. The van der Waals surface area contributed by atoms with Crippen molar-refractivity contribution >= 4 is 0 Å². The topological polar surface area (TPSA) is 91.7 Å². The molecule has 1 unspecified atom stereocenters. The van der Waals surface area contributed by atoms with Gasteiger partial charge in [0.05, 0.1) is 19.8 Å². The molecule has 2 rings (SSSR count). The van der Waals surface area contributed by atoms with E-state index < -0.39 is 24.6 Å². The Labute approximate surface area is 81.0 Å². The van der Waals surface area contributed by atoms with Gasteiger partial charge in [0.15, 0.2) is 6.29 Å². The number of aliphatic hydroxyl groups is 3. The fourth-order valence-corrected chi connectivity index (χ4v) is 1.29. The molecule has 3 N–H and O–H groups in total. The van der Waals surface area contributed by atoms with Gasteiger partial charge in [0.25, 0.3) is 0 Å². The zero-order valence-corrected chi connectivity index (χ0v) is 7.57. The molecule has 5 atom stereocenters. The lowest BCUT2D eigenvalue weighted by Gasteiger charge is -2.34. The van der Waals surface area contributed by atoms with Crippen molar-refractivity contribution in [1.82, 2.24) is 0 Å². The highest BCUT2D eigenvalue weighted by atomic mass is 16.7. The summed E-state index contributed by atoms with van der Waals surface area (Å²) in [5.74, 6) is 0. The zero-order chi connectivity index (χ0) is 10.1. The number of hydrogen-bond donors (Lipinski definition) is 3. The molecule has 6 nitrogen and oxygen atoms in total. The SMILES string of the molecule is O[C@@H]1[C@@H](O)[C@H](OCC2CO2)OC[C@H]1O. The average molecular weight is 206 g/mol. The van der Waals surface area contributed by atoms with E-state index in [1.54, 1.807) is 0 Å². The summed E-state index contributed by atoms with van der Waals surface area (Å²) in [6.07, 6.45) is -4.28. The maximum atomic E-state index is 9.44. The molecule has 82 valence electrons. The average Bonchev–Trinajstić information content (AvgIpc) is 2.97.